The largest absolute Gasteiger partial charge is 0.493 e. The molecule has 1 N–H and O–H groups in total. The van der Waals surface area contributed by atoms with Gasteiger partial charge in [-0.15, -0.1) is 0 Å². The Morgan fingerprint density at radius 2 is 1.92 bits per heavy atom. The van der Waals surface area contributed by atoms with Gasteiger partial charge in [-0.2, -0.15) is 5.10 Å². The standard InChI is InChI=1S/C20H21N3O/c1-23-17(11-19(22-23)15-7-3-2-4-8-15)13-21-12-16-14-24-20-10-6-5-9-18(16)20/h2-11,16,21H,12-14H2,1H3. The highest BCUT2D eigenvalue weighted by Gasteiger charge is 2.23. The molecule has 0 aliphatic carbocycles. The molecule has 4 rings (SSSR count). The van der Waals surface area contributed by atoms with E-state index in [1.54, 1.807) is 0 Å². The van der Waals surface area contributed by atoms with Crippen LogP contribution in [-0.4, -0.2) is 22.9 Å². The van der Waals surface area contributed by atoms with Crippen molar-refractivity contribution in [3.05, 3.63) is 71.9 Å². The normalized spacial score (nSPS) is 16.0. The summed E-state index contributed by atoms with van der Waals surface area (Å²) in [6.45, 7) is 2.46. The highest BCUT2D eigenvalue weighted by Crippen LogP contribution is 2.32. The Morgan fingerprint density at radius 1 is 1.12 bits per heavy atom. The first-order valence-electron chi connectivity index (χ1n) is 8.32. The third-order valence-electron chi connectivity index (χ3n) is 4.54. The first-order valence-corrected chi connectivity index (χ1v) is 8.32. The van der Waals surface area contributed by atoms with E-state index in [0.29, 0.717) is 5.92 Å². The van der Waals surface area contributed by atoms with Gasteiger partial charge < -0.3 is 10.1 Å². The van der Waals surface area contributed by atoms with Crippen LogP contribution in [0.2, 0.25) is 0 Å². The number of aromatic nitrogens is 2. The van der Waals surface area contributed by atoms with Gasteiger partial charge in [0.05, 0.1) is 18.0 Å². The molecule has 3 aromatic rings. The average Bonchev–Trinajstić information content (AvgIpc) is 3.20. The highest BCUT2D eigenvalue weighted by atomic mass is 16.5. The summed E-state index contributed by atoms with van der Waals surface area (Å²) in [5.74, 6) is 1.44. The van der Waals surface area contributed by atoms with Crippen LogP contribution in [0.3, 0.4) is 0 Å². The Balaban J connectivity index is 1.40. The number of benzene rings is 2. The fraction of sp³-hybridized carbons (Fsp3) is 0.250. The summed E-state index contributed by atoms with van der Waals surface area (Å²) < 4.78 is 7.69. The van der Waals surface area contributed by atoms with E-state index in [1.165, 1.54) is 11.3 Å². The highest BCUT2D eigenvalue weighted by molar-refractivity contribution is 5.59. The van der Waals surface area contributed by atoms with Gasteiger partial charge in [-0.25, -0.2) is 0 Å². The van der Waals surface area contributed by atoms with Crippen LogP contribution in [0, 0.1) is 0 Å². The molecular formula is C20H21N3O. The number of fused-ring (bicyclic) bond motifs is 1. The molecule has 1 atom stereocenters. The summed E-state index contributed by atoms with van der Waals surface area (Å²) in [6.07, 6.45) is 0. The van der Waals surface area contributed by atoms with Crippen molar-refractivity contribution in [3.63, 3.8) is 0 Å². The van der Waals surface area contributed by atoms with E-state index in [0.717, 1.165) is 36.7 Å². The predicted molar refractivity (Wildman–Crippen MR) is 95.0 cm³/mol. The van der Waals surface area contributed by atoms with Crippen LogP contribution < -0.4 is 10.1 Å². The van der Waals surface area contributed by atoms with Gasteiger partial charge in [0.2, 0.25) is 0 Å². The zero-order valence-corrected chi connectivity index (χ0v) is 13.8. The van der Waals surface area contributed by atoms with Crippen LogP contribution in [0.4, 0.5) is 0 Å². The van der Waals surface area contributed by atoms with E-state index in [-0.39, 0.29) is 0 Å². The van der Waals surface area contributed by atoms with Crippen LogP contribution in [-0.2, 0) is 13.6 Å². The fourth-order valence-electron chi connectivity index (χ4n) is 3.19. The van der Waals surface area contributed by atoms with Crippen LogP contribution in [0.1, 0.15) is 17.2 Å². The van der Waals surface area contributed by atoms with Gasteiger partial charge in [0.1, 0.15) is 5.75 Å². The van der Waals surface area contributed by atoms with Gasteiger partial charge in [-0.3, -0.25) is 4.68 Å². The Hall–Kier alpha value is -2.59. The molecule has 24 heavy (non-hydrogen) atoms. The minimum absolute atomic E-state index is 0.419. The summed E-state index contributed by atoms with van der Waals surface area (Å²) in [5, 5.41) is 8.17. The Labute approximate surface area is 142 Å². The third-order valence-corrected chi connectivity index (χ3v) is 4.54. The number of hydrogen-bond acceptors (Lipinski definition) is 3. The summed E-state index contributed by atoms with van der Waals surface area (Å²) >= 11 is 0. The topological polar surface area (TPSA) is 39.1 Å². The molecule has 4 nitrogen and oxygen atoms in total. The van der Waals surface area contributed by atoms with Gasteiger partial charge in [-0.1, -0.05) is 48.5 Å². The fourth-order valence-corrected chi connectivity index (χ4v) is 3.19. The minimum Gasteiger partial charge on any atom is -0.493 e. The smallest absolute Gasteiger partial charge is 0.122 e. The molecule has 2 aromatic carbocycles. The molecule has 0 saturated heterocycles. The van der Waals surface area contributed by atoms with E-state index in [1.807, 2.05) is 42.1 Å². The molecule has 1 aromatic heterocycles. The van der Waals surface area contributed by atoms with E-state index in [2.05, 4.69) is 40.7 Å². The Morgan fingerprint density at radius 3 is 2.79 bits per heavy atom. The molecule has 4 heteroatoms. The lowest BCUT2D eigenvalue weighted by molar-refractivity contribution is 0.326. The van der Waals surface area contributed by atoms with E-state index >= 15 is 0 Å². The summed E-state index contributed by atoms with van der Waals surface area (Å²) in [6, 6.07) is 20.7. The Bertz CT molecular complexity index is 826. The van der Waals surface area contributed by atoms with Crippen molar-refractivity contribution in [1.29, 1.82) is 0 Å². The van der Waals surface area contributed by atoms with E-state index in [4.69, 9.17) is 4.74 Å². The molecule has 0 saturated carbocycles. The van der Waals surface area contributed by atoms with Gasteiger partial charge in [0, 0.05) is 37.2 Å². The number of aryl methyl sites for hydroxylation is 1. The van der Waals surface area contributed by atoms with Crippen LogP contribution >= 0.6 is 0 Å². The van der Waals surface area contributed by atoms with Crippen molar-refractivity contribution < 1.29 is 4.74 Å². The quantitative estimate of drug-likeness (QED) is 0.784. The number of hydrogen-bond donors (Lipinski definition) is 1. The monoisotopic (exact) mass is 319 g/mol. The molecule has 122 valence electrons. The molecule has 0 spiro atoms. The molecule has 0 fully saturated rings. The SMILES string of the molecule is Cn1nc(-c2ccccc2)cc1CNCC1COc2ccccc21. The maximum atomic E-state index is 5.74. The van der Waals surface area contributed by atoms with Crippen molar-refractivity contribution in [2.24, 2.45) is 7.05 Å². The summed E-state index contributed by atoms with van der Waals surface area (Å²) in [7, 11) is 2.00. The van der Waals surface area contributed by atoms with E-state index < -0.39 is 0 Å². The lowest BCUT2D eigenvalue weighted by atomic mass is 10.0. The number of ether oxygens (including phenoxy) is 1. The van der Waals surface area contributed by atoms with Crippen molar-refractivity contribution >= 4 is 0 Å². The van der Waals surface area contributed by atoms with Gasteiger partial charge in [0.15, 0.2) is 0 Å². The summed E-state index contributed by atoms with van der Waals surface area (Å²) in [4.78, 5) is 0. The molecule has 0 amide bonds. The van der Waals surface area contributed by atoms with Gasteiger partial charge >= 0.3 is 0 Å². The van der Waals surface area contributed by atoms with Crippen molar-refractivity contribution in [1.82, 2.24) is 15.1 Å². The lowest BCUT2D eigenvalue weighted by Crippen LogP contribution is -2.23. The molecule has 0 radical (unpaired) electrons. The first kappa shape index (κ1) is 15.0. The molecule has 2 heterocycles. The van der Waals surface area contributed by atoms with Crippen molar-refractivity contribution in [2.45, 2.75) is 12.5 Å². The number of nitrogens with one attached hydrogen (secondary N) is 1. The third kappa shape index (κ3) is 2.93. The zero-order valence-electron chi connectivity index (χ0n) is 13.8. The average molecular weight is 319 g/mol. The van der Waals surface area contributed by atoms with Crippen molar-refractivity contribution in [3.8, 4) is 17.0 Å². The lowest BCUT2D eigenvalue weighted by Gasteiger charge is -2.10. The maximum absolute atomic E-state index is 5.74. The van der Waals surface area contributed by atoms with Crippen LogP contribution in [0.25, 0.3) is 11.3 Å². The minimum atomic E-state index is 0.419. The molecule has 0 bridgehead atoms. The second-order valence-electron chi connectivity index (χ2n) is 6.19. The molecular weight excluding hydrogens is 298 g/mol. The Kier molecular flexibility index (Phi) is 4.05. The first-order chi connectivity index (χ1) is 11.8. The van der Waals surface area contributed by atoms with E-state index in [9.17, 15) is 0 Å². The van der Waals surface area contributed by atoms with Crippen molar-refractivity contribution in [2.75, 3.05) is 13.2 Å². The number of nitrogens with zero attached hydrogens (tertiary/aromatic N) is 2. The second-order valence-corrected chi connectivity index (χ2v) is 6.19. The number of rotatable bonds is 5. The molecule has 1 aliphatic heterocycles. The molecule has 1 unspecified atom stereocenters. The van der Waals surface area contributed by atoms with Crippen LogP contribution in [0.15, 0.2) is 60.7 Å². The zero-order chi connectivity index (χ0) is 16.4. The maximum Gasteiger partial charge on any atom is 0.122 e. The summed E-state index contributed by atoms with van der Waals surface area (Å²) in [5.41, 5.74) is 4.66. The van der Waals surface area contributed by atoms with Gasteiger partial charge in [-0.05, 0) is 12.1 Å². The van der Waals surface area contributed by atoms with Crippen LogP contribution in [0.5, 0.6) is 5.75 Å². The van der Waals surface area contributed by atoms with Gasteiger partial charge in [0.25, 0.3) is 0 Å². The molecule has 1 aliphatic rings. The second kappa shape index (κ2) is 6.49. The number of para-hydroxylation sites is 1. The predicted octanol–water partition coefficient (Wildman–Crippen LogP) is 3.35.